The standard InChI is InChI=1S/C22H26N2O3S/c1-14-9-15(2)11-18(10-14)23-21(25)16-3-4-19-17(12-16)13-20(28-19)22(26)24-5-7-27-8-6-24/h9-11,13,16H,3-8,12H2,1-2H3,(H,23,25)/t16-/m1/s1. The minimum atomic E-state index is -0.0470. The van der Waals surface area contributed by atoms with E-state index in [0.29, 0.717) is 32.7 Å². The van der Waals surface area contributed by atoms with Gasteiger partial charge in [0.25, 0.3) is 5.91 Å². The van der Waals surface area contributed by atoms with Gasteiger partial charge in [0.05, 0.1) is 18.1 Å². The van der Waals surface area contributed by atoms with Gasteiger partial charge in [0.1, 0.15) is 0 Å². The Labute approximate surface area is 169 Å². The van der Waals surface area contributed by atoms with E-state index in [4.69, 9.17) is 4.74 Å². The molecule has 0 spiro atoms. The first-order valence-electron chi connectivity index (χ1n) is 9.87. The Morgan fingerprint density at radius 3 is 2.54 bits per heavy atom. The van der Waals surface area contributed by atoms with Gasteiger partial charge in [0.15, 0.2) is 0 Å². The highest BCUT2D eigenvalue weighted by atomic mass is 32.1. The number of hydrogen-bond donors (Lipinski definition) is 1. The lowest BCUT2D eigenvalue weighted by Crippen LogP contribution is -2.40. The third-order valence-electron chi connectivity index (χ3n) is 5.45. The predicted octanol–water partition coefficient (Wildman–Crippen LogP) is 3.58. The van der Waals surface area contributed by atoms with Crippen molar-refractivity contribution in [2.75, 3.05) is 31.6 Å². The number of fused-ring (bicyclic) bond motifs is 1. The Balaban J connectivity index is 1.43. The number of carbonyl (C=O) groups is 2. The highest BCUT2D eigenvalue weighted by Crippen LogP contribution is 2.33. The van der Waals surface area contributed by atoms with Crippen molar-refractivity contribution in [3.63, 3.8) is 0 Å². The fourth-order valence-corrected chi connectivity index (χ4v) is 5.24. The first-order chi connectivity index (χ1) is 13.5. The summed E-state index contributed by atoms with van der Waals surface area (Å²) in [6, 6.07) is 8.11. The van der Waals surface area contributed by atoms with E-state index in [9.17, 15) is 9.59 Å². The number of ether oxygens (including phenoxy) is 1. The van der Waals surface area contributed by atoms with Gasteiger partial charge in [0, 0.05) is 29.6 Å². The largest absolute Gasteiger partial charge is 0.378 e. The summed E-state index contributed by atoms with van der Waals surface area (Å²) in [7, 11) is 0. The average molecular weight is 399 g/mol. The minimum Gasteiger partial charge on any atom is -0.378 e. The summed E-state index contributed by atoms with van der Waals surface area (Å²) in [6.45, 7) is 6.60. The fraction of sp³-hybridized carbons (Fsp3) is 0.455. The van der Waals surface area contributed by atoms with Crippen molar-refractivity contribution in [2.24, 2.45) is 5.92 Å². The Morgan fingerprint density at radius 1 is 1.11 bits per heavy atom. The second kappa shape index (κ2) is 8.05. The van der Waals surface area contributed by atoms with E-state index in [0.717, 1.165) is 40.1 Å². The molecule has 28 heavy (non-hydrogen) atoms. The molecule has 4 rings (SSSR count). The summed E-state index contributed by atoms with van der Waals surface area (Å²) in [5.74, 6) is 0.121. The van der Waals surface area contributed by atoms with Crippen molar-refractivity contribution >= 4 is 28.8 Å². The van der Waals surface area contributed by atoms with E-state index in [1.165, 1.54) is 4.88 Å². The molecule has 0 radical (unpaired) electrons. The van der Waals surface area contributed by atoms with Gasteiger partial charge in [-0.15, -0.1) is 11.3 Å². The molecule has 1 aromatic carbocycles. The number of nitrogens with zero attached hydrogens (tertiary/aromatic N) is 1. The molecule has 1 fully saturated rings. The molecule has 1 saturated heterocycles. The molecular formula is C22H26N2O3S. The molecule has 1 atom stereocenters. The summed E-state index contributed by atoms with van der Waals surface area (Å²) in [6.07, 6.45) is 2.40. The predicted molar refractivity (Wildman–Crippen MR) is 111 cm³/mol. The van der Waals surface area contributed by atoms with Crippen LogP contribution in [0, 0.1) is 19.8 Å². The zero-order chi connectivity index (χ0) is 19.7. The van der Waals surface area contributed by atoms with Crippen LogP contribution in [0.15, 0.2) is 24.3 Å². The lowest BCUT2D eigenvalue weighted by molar-refractivity contribution is -0.120. The van der Waals surface area contributed by atoms with Crippen molar-refractivity contribution in [3.05, 3.63) is 50.7 Å². The molecule has 2 amide bonds. The molecular weight excluding hydrogens is 372 g/mol. The number of amides is 2. The third kappa shape index (κ3) is 4.13. The smallest absolute Gasteiger partial charge is 0.264 e. The number of rotatable bonds is 3. The Hall–Kier alpha value is -2.18. The summed E-state index contributed by atoms with van der Waals surface area (Å²) in [5.41, 5.74) is 4.31. The quantitative estimate of drug-likeness (QED) is 0.860. The second-order valence-electron chi connectivity index (χ2n) is 7.77. The van der Waals surface area contributed by atoms with Crippen LogP contribution in [-0.2, 0) is 22.4 Å². The molecule has 0 saturated carbocycles. The molecule has 1 aromatic heterocycles. The van der Waals surface area contributed by atoms with Crippen LogP contribution in [-0.4, -0.2) is 43.0 Å². The highest BCUT2D eigenvalue weighted by molar-refractivity contribution is 7.14. The second-order valence-corrected chi connectivity index (χ2v) is 8.91. The molecule has 2 aromatic rings. The van der Waals surface area contributed by atoms with Crippen LogP contribution in [0.4, 0.5) is 5.69 Å². The van der Waals surface area contributed by atoms with E-state index in [1.54, 1.807) is 11.3 Å². The van der Waals surface area contributed by atoms with Gasteiger partial charge in [0.2, 0.25) is 5.91 Å². The number of nitrogens with one attached hydrogen (secondary N) is 1. The SMILES string of the molecule is Cc1cc(C)cc(NC(=O)[C@@H]2CCc3sc(C(=O)N4CCOCC4)cc3C2)c1. The van der Waals surface area contributed by atoms with Crippen LogP contribution in [0.1, 0.15) is 37.7 Å². The van der Waals surface area contributed by atoms with Gasteiger partial charge in [-0.3, -0.25) is 9.59 Å². The number of anilines is 1. The Bertz CT molecular complexity index is 879. The lowest BCUT2D eigenvalue weighted by Gasteiger charge is -2.26. The molecule has 1 aliphatic carbocycles. The van der Waals surface area contributed by atoms with E-state index in [2.05, 4.69) is 11.4 Å². The van der Waals surface area contributed by atoms with Crippen molar-refractivity contribution < 1.29 is 14.3 Å². The summed E-state index contributed by atoms with van der Waals surface area (Å²) in [4.78, 5) is 29.4. The first-order valence-corrected chi connectivity index (χ1v) is 10.7. The van der Waals surface area contributed by atoms with Gasteiger partial charge in [-0.1, -0.05) is 6.07 Å². The highest BCUT2D eigenvalue weighted by Gasteiger charge is 2.29. The van der Waals surface area contributed by atoms with Gasteiger partial charge in [-0.05, 0) is 68.0 Å². The Kier molecular flexibility index (Phi) is 5.51. The normalized spacial score (nSPS) is 19.2. The lowest BCUT2D eigenvalue weighted by atomic mass is 9.87. The maximum atomic E-state index is 12.8. The maximum absolute atomic E-state index is 12.8. The molecule has 2 aliphatic rings. The summed E-state index contributed by atoms with van der Waals surface area (Å²) >= 11 is 1.59. The number of hydrogen-bond acceptors (Lipinski definition) is 4. The van der Waals surface area contributed by atoms with Crippen molar-refractivity contribution in [1.29, 1.82) is 0 Å². The first kappa shape index (κ1) is 19.2. The van der Waals surface area contributed by atoms with Gasteiger partial charge >= 0.3 is 0 Å². The van der Waals surface area contributed by atoms with E-state index in [-0.39, 0.29) is 17.7 Å². The molecule has 0 bridgehead atoms. The van der Waals surface area contributed by atoms with Crippen LogP contribution in [0.5, 0.6) is 0 Å². The topological polar surface area (TPSA) is 58.6 Å². The van der Waals surface area contributed by atoms with Gasteiger partial charge in [-0.25, -0.2) is 0 Å². The molecule has 1 aliphatic heterocycles. The summed E-state index contributed by atoms with van der Waals surface area (Å²) < 4.78 is 5.34. The fourth-order valence-electron chi connectivity index (χ4n) is 4.07. The van der Waals surface area contributed by atoms with E-state index >= 15 is 0 Å². The maximum Gasteiger partial charge on any atom is 0.264 e. The van der Waals surface area contributed by atoms with Crippen molar-refractivity contribution in [3.8, 4) is 0 Å². The van der Waals surface area contributed by atoms with Crippen LogP contribution in [0.3, 0.4) is 0 Å². The molecule has 148 valence electrons. The van der Waals surface area contributed by atoms with Crippen LogP contribution >= 0.6 is 11.3 Å². The van der Waals surface area contributed by atoms with Crippen molar-refractivity contribution in [1.82, 2.24) is 4.90 Å². The number of thiophene rings is 1. The summed E-state index contributed by atoms with van der Waals surface area (Å²) in [5, 5.41) is 3.08. The van der Waals surface area contributed by atoms with Gasteiger partial charge < -0.3 is 15.0 Å². The van der Waals surface area contributed by atoms with Crippen LogP contribution < -0.4 is 5.32 Å². The minimum absolute atomic E-state index is 0.0470. The zero-order valence-corrected chi connectivity index (χ0v) is 17.2. The third-order valence-corrected chi connectivity index (χ3v) is 6.68. The van der Waals surface area contributed by atoms with E-state index < -0.39 is 0 Å². The van der Waals surface area contributed by atoms with Crippen LogP contribution in [0.2, 0.25) is 0 Å². The number of benzene rings is 1. The molecule has 2 heterocycles. The molecule has 5 nitrogen and oxygen atoms in total. The number of aryl methyl sites for hydroxylation is 3. The Morgan fingerprint density at radius 2 is 1.82 bits per heavy atom. The molecule has 6 heteroatoms. The monoisotopic (exact) mass is 398 g/mol. The van der Waals surface area contributed by atoms with Crippen LogP contribution in [0.25, 0.3) is 0 Å². The zero-order valence-electron chi connectivity index (χ0n) is 16.4. The number of morpholine rings is 1. The van der Waals surface area contributed by atoms with Crippen molar-refractivity contribution in [2.45, 2.75) is 33.1 Å². The van der Waals surface area contributed by atoms with E-state index in [1.807, 2.05) is 36.9 Å². The number of carbonyl (C=O) groups excluding carboxylic acids is 2. The molecule has 0 unspecified atom stereocenters. The van der Waals surface area contributed by atoms with Gasteiger partial charge in [-0.2, -0.15) is 0 Å². The molecule has 1 N–H and O–H groups in total. The average Bonchev–Trinajstić information content (AvgIpc) is 3.10.